The van der Waals surface area contributed by atoms with E-state index in [0.29, 0.717) is 0 Å². The van der Waals surface area contributed by atoms with E-state index in [1.54, 1.807) is 19.1 Å². The number of hydrogen-bond donors (Lipinski definition) is 0. The normalized spacial score (nSPS) is 20.7. The second-order valence-corrected chi connectivity index (χ2v) is 7.63. The highest BCUT2D eigenvalue weighted by Crippen LogP contribution is 2.36. The fourth-order valence-corrected chi connectivity index (χ4v) is 2.91. The van der Waals surface area contributed by atoms with E-state index in [9.17, 15) is 8.42 Å². The molecule has 1 aromatic rings. The SMILES string of the molecule is CCOS(=O)(=O)c1ccc(B2OC(C)(C)C(C)(C)O2)cc1. The van der Waals surface area contributed by atoms with Crippen molar-refractivity contribution >= 4 is 22.7 Å². The molecule has 21 heavy (non-hydrogen) atoms. The van der Waals surface area contributed by atoms with Gasteiger partial charge in [0.15, 0.2) is 0 Å². The average Bonchev–Trinajstić information content (AvgIpc) is 2.59. The van der Waals surface area contributed by atoms with Crippen molar-refractivity contribution in [2.75, 3.05) is 6.61 Å². The van der Waals surface area contributed by atoms with Crippen molar-refractivity contribution in [3.63, 3.8) is 0 Å². The van der Waals surface area contributed by atoms with Crippen LogP contribution in [0.2, 0.25) is 0 Å². The monoisotopic (exact) mass is 312 g/mol. The van der Waals surface area contributed by atoms with Gasteiger partial charge in [0.2, 0.25) is 0 Å². The van der Waals surface area contributed by atoms with Gasteiger partial charge < -0.3 is 9.31 Å². The third-order valence-electron chi connectivity index (χ3n) is 3.97. The quantitative estimate of drug-likeness (QED) is 0.626. The van der Waals surface area contributed by atoms with Crippen molar-refractivity contribution in [3.8, 4) is 0 Å². The van der Waals surface area contributed by atoms with Gasteiger partial charge in [-0.2, -0.15) is 8.42 Å². The molecule has 0 radical (unpaired) electrons. The van der Waals surface area contributed by atoms with Gasteiger partial charge in [-0.25, -0.2) is 0 Å². The zero-order chi connectivity index (χ0) is 15.9. The molecule has 1 aliphatic rings. The average molecular weight is 312 g/mol. The van der Waals surface area contributed by atoms with Gasteiger partial charge in [0.05, 0.1) is 22.7 Å². The molecule has 0 atom stereocenters. The van der Waals surface area contributed by atoms with Crippen molar-refractivity contribution in [1.29, 1.82) is 0 Å². The fraction of sp³-hybridized carbons (Fsp3) is 0.571. The Morgan fingerprint density at radius 1 is 1.05 bits per heavy atom. The van der Waals surface area contributed by atoms with Crippen LogP contribution in [0.4, 0.5) is 0 Å². The molecule has 7 heteroatoms. The van der Waals surface area contributed by atoms with Gasteiger partial charge >= 0.3 is 7.12 Å². The van der Waals surface area contributed by atoms with E-state index < -0.39 is 28.4 Å². The molecule has 1 saturated heterocycles. The second-order valence-electron chi connectivity index (χ2n) is 6.02. The molecule has 0 unspecified atom stereocenters. The van der Waals surface area contributed by atoms with E-state index in [4.69, 9.17) is 13.5 Å². The van der Waals surface area contributed by atoms with E-state index in [1.807, 2.05) is 27.7 Å². The summed E-state index contributed by atoms with van der Waals surface area (Å²) in [6, 6.07) is 6.39. The van der Waals surface area contributed by atoms with Crippen LogP contribution in [0.5, 0.6) is 0 Å². The van der Waals surface area contributed by atoms with Crippen molar-refractivity contribution in [3.05, 3.63) is 24.3 Å². The standard InChI is InChI=1S/C14H21BO5S/c1-6-18-21(16,17)12-9-7-11(8-10-12)15-19-13(2,3)14(4,5)20-15/h7-10H,6H2,1-5H3. The molecular formula is C14H21BO5S. The van der Waals surface area contributed by atoms with Crippen LogP contribution in [0.1, 0.15) is 34.6 Å². The molecule has 5 nitrogen and oxygen atoms in total. The number of hydrogen-bond acceptors (Lipinski definition) is 5. The smallest absolute Gasteiger partial charge is 0.399 e. The Morgan fingerprint density at radius 2 is 1.52 bits per heavy atom. The Morgan fingerprint density at radius 3 is 1.95 bits per heavy atom. The van der Waals surface area contributed by atoms with Crippen LogP contribution < -0.4 is 5.46 Å². The molecule has 1 heterocycles. The van der Waals surface area contributed by atoms with Gasteiger partial charge in [0.1, 0.15) is 0 Å². The van der Waals surface area contributed by atoms with Crippen LogP contribution >= 0.6 is 0 Å². The van der Waals surface area contributed by atoms with Gasteiger partial charge in [-0.1, -0.05) is 12.1 Å². The van der Waals surface area contributed by atoms with Crippen molar-refractivity contribution in [1.82, 2.24) is 0 Å². The minimum atomic E-state index is -3.68. The Balaban J connectivity index is 2.22. The molecule has 1 aromatic carbocycles. The third kappa shape index (κ3) is 3.16. The minimum Gasteiger partial charge on any atom is -0.399 e. The predicted octanol–water partition coefficient (Wildman–Crippen LogP) is 1.71. The third-order valence-corrected chi connectivity index (χ3v) is 5.36. The van der Waals surface area contributed by atoms with E-state index in [2.05, 4.69) is 0 Å². The first-order valence-corrected chi connectivity index (χ1v) is 8.35. The zero-order valence-corrected chi connectivity index (χ0v) is 13.9. The first-order chi connectivity index (χ1) is 9.59. The molecule has 0 bridgehead atoms. The zero-order valence-electron chi connectivity index (χ0n) is 13.0. The van der Waals surface area contributed by atoms with E-state index in [0.717, 1.165) is 5.46 Å². The van der Waals surface area contributed by atoms with Crippen LogP contribution in [0, 0.1) is 0 Å². The highest BCUT2D eigenvalue weighted by Gasteiger charge is 2.51. The van der Waals surface area contributed by atoms with Gasteiger partial charge in [0.25, 0.3) is 10.1 Å². The van der Waals surface area contributed by atoms with E-state index in [-0.39, 0.29) is 11.5 Å². The Labute approximate surface area is 126 Å². The summed E-state index contributed by atoms with van der Waals surface area (Å²) in [6.45, 7) is 9.64. The molecule has 1 aliphatic heterocycles. The van der Waals surface area contributed by atoms with Crippen LogP contribution in [-0.2, 0) is 23.6 Å². The molecule has 0 aromatic heterocycles. The summed E-state index contributed by atoms with van der Waals surface area (Å²) in [5, 5.41) is 0. The van der Waals surface area contributed by atoms with Crippen LogP contribution in [0.15, 0.2) is 29.2 Å². The summed E-state index contributed by atoms with van der Waals surface area (Å²) < 4.78 is 40.2. The van der Waals surface area contributed by atoms with Crippen LogP contribution in [0.25, 0.3) is 0 Å². The van der Waals surface area contributed by atoms with Crippen LogP contribution in [-0.4, -0.2) is 33.3 Å². The topological polar surface area (TPSA) is 61.8 Å². The first-order valence-electron chi connectivity index (χ1n) is 6.94. The second kappa shape index (κ2) is 5.39. The predicted molar refractivity (Wildman–Crippen MR) is 81.0 cm³/mol. The molecular weight excluding hydrogens is 291 g/mol. The van der Waals surface area contributed by atoms with Gasteiger partial charge in [-0.3, -0.25) is 4.18 Å². The lowest BCUT2D eigenvalue weighted by Gasteiger charge is -2.32. The molecule has 116 valence electrons. The summed E-state index contributed by atoms with van der Waals surface area (Å²) in [7, 11) is -4.18. The molecule has 0 spiro atoms. The van der Waals surface area contributed by atoms with Crippen molar-refractivity contribution in [2.24, 2.45) is 0 Å². The van der Waals surface area contributed by atoms with Gasteiger partial charge in [0, 0.05) is 0 Å². The molecule has 0 N–H and O–H groups in total. The molecule has 2 rings (SSSR count). The summed E-state index contributed by atoms with van der Waals surface area (Å²) in [5.41, 5.74) is -0.0642. The summed E-state index contributed by atoms with van der Waals surface area (Å²) in [5.74, 6) is 0. The highest BCUT2D eigenvalue weighted by atomic mass is 32.2. The molecule has 1 fully saturated rings. The summed E-state index contributed by atoms with van der Waals surface area (Å²) in [6.07, 6.45) is 0. The lowest BCUT2D eigenvalue weighted by atomic mass is 9.79. The van der Waals surface area contributed by atoms with Gasteiger partial charge in [-0.15, -0.1) is 0 Å². The summed E-state index contributed by atoms with van der Waals surface area (Å²) >= 11 is 0. The summed E-state index contributed by atoms with van der Waals surface area (Å²) in [4.78, 5) is 0.129. The maximum atomic E-state index is 11.8. The van der Waals surface area contributed by atoms with E-state index in [1.165, 1.54) is 12.1 Å². The Hall–Kier alpha value is -0.885. The maximum Gasteiger partial charge on any atom is 0.494 e. The highest BCUT2D eigenvalue weighted by molar-refractivity contribution is 7.86. The van der Waals surface area contributed by atoms with Crippen molar-refractivity contribution in [2.45, 2.75) is 50.7 Å². The lowest BCUT2D eigenvalue weighted by Crippen LogP contribution is -2.41. The first kappa shape index (κ1) is 16.5. The largest absolute Gasteiger partial charge is 0.494 e. The fourth-order valence-electron chi connectivity index (χ4n) is 1.99. The molecule has 0 saturated carbocycles. The Bertz CT molecular complexity index is 591. The van der Waals surface area contributed by atoms with E-state index >= 15 is 0 Å². The molecule has 0 amide bonds. The van der Waals surface area contributed by atoms with Crippen LogP contribution in [0.3, 0.4) is 0 Å². The number of rotatable bonds is 4. The lowest BCUT2D eigenvalue weighted by molar-refractivity contribution is 0.00578. The minimum absolute atomic E-state index is 0.112. The number of benzene rings is 1. The molecule has 0 aliphatic carbocycles. The van der Waals surface area contributed by atoms with Crippen molar-refractivity contribution < 1.29 is 21.9 Å². The Kier molecular flexibility index (Phi) is 4.23. The van der Waals surface area contributed by atoms with Gasteiger partial charge in [-0.05, 0) is 52.2 Å². The maximum absolute atomic E-state index is 11.8.